The zero-order valence-electron chi connectivity index (χ0n) is 12.8. The first-order chi connectivity index (χ1) is 9.11. The highest BCUT2D eigenvalue weighted by Gasteiger charge is 2.32. The molecule has 2 atom stereocenters. The molecule has 2 heteroatoms. The summed E-state index contributed by atoms with van der Waals surface area (Å²) in [5, 5.41) is 3.48. The van der Waals surface area contributed by atoms with Crippen molar-refractivity contribution in [3.05, 3.63) is 29.3 Å². The summed E-state index contributed by atoms with van der Waals surface area (Å²) >= 11 is 2.00. The molecule has 0 fully saturated rings. The van der Waals surface area contributed by atoms with Crippen LogP contribution in [-0.2, 0) is 11.8 Å². The maximum absolute atomic E-state index is 3.48. The Labute approximate surface area is 122 Å². The number of hydrogen-bond donors (Lipinski definition) is 1. The molecule has 0 amide bonds. The average molecular weight is 277 g/mol. The van der Waals surface area contributed by atoms with Gasteiger partial charge in [-0.2, -0.15) is 0 Å². The van der Waals surface area contributed by atoms with Crippen molar-refractivity contribution in [3.63, 3.8) is 0 Å². The second-order valence-corrected chi connectivity index (χ2v) is 7.09. The van der Waals surface area contributed by atoms with E-state index in [9.17, 15) is 0 Å². The highest BCUT2D eigenvalue weighted by molar-refractivity contribution is 7.99. The maximum atomic E-state index is 3.48. The fourth-order valence-electron chi connectivity index (χ4n) is 3.02. The van der Waals surface area contributed by atoms with Crippen LogP contribution >= 0.6 is 11.8 Å². The van der Waals surface area contributed by atoms with Crippen molar-refractivity contribution in [2.45, 2.75) is 62.8 Å². The predicted octanol–water partition coefficient (Wildman–Crippen LogP) is 4.39. The summed E-state index contributed by atoms with van der Waals surface area (Å²) in [4.78, 5) is 1.50. The molecule has 106 valence electrons. The van der Waals surface area contributed by atoms with Gasteiger partial charge in [-0.25, -0.2) is 0 Å². The van der Waals surface area contributed by atoms with E-state index in [2.05, 4.69) is 51.3 Å². The van der Waals surface area contributed by atoms with Crippen molar-refractivity contribution in [3.8, 4) is 0 Å². The quantitative estimate of drug-likeness (QED) is 0.827. The number of fused-ring (bicyclic) bond motifs is 1. The maximum Gasteiger partial charge on any atom is 0.0130 e. The topological polar surface area (TPSA) is 12.0 Å². The summed E-state index contributed by atoms with van der Waals surface area (Å²) in [6.45, 7) is 7.02. The highest BCUT2D eigenvalue weighted by atomic mass is 32.2. The number of unbranched alkanes of at least 4 members (excludes halogenated alkanes) is 1. The Morgan fingerprint density at radius 3 is 2.89 bits per heavy atom. The minimum absolute atomic E-state index is 0.243. The molecule has 0 aromatic heterocycles. The Balaban J connectivity index is 2.32. The molecule has 1 nitrogen and oxygen atoms in total. The van der Waals surface area contributed by atoms with Gasteiger partial charge in [0, 0.05) is 22.1 Å². The third-order valence-corrected chi connectivity index (χ3v) is 5.90. The van der Waals surface area contributed by atoms with Gasteiger partial charge in [0.25, 0.3) is 0 Å². The molecule has 1 N–H and O–H groups in total. The Hall–Kier alpha value is -0.470. The van der Waals surface area contributed by atoms with E-state index < -0.39 is 0 Å². The van der Waals surface area contributed by atoms with Gasteiger partial charge in [0.2, 0.25) is 0 Å². The van der Waals surface area contributed by atoms with Gasteiger partial charge in [-0.05, 0) is 44.0 Å². The largest absolute Gasteiger partial charge is 0.316 e. The fraction of sp³-hybridized carbons (Fsp3) is 0.647. The van der Waals surface area contributed by atoms with Crippen molar-refractivity contribution < 1.29 is 0 Å². The molecular weight excluding hydrogens is 250 g/mol. The molecule has 0 spiro atoms. The Morgan fingerprint density at radius 1 is 1.42 bits per heavy atom. The van der Waals surface area contributed by atoms with Crippen LogP contribution in [-0.4, -0.2) is 18.8 Å². The van der Waals surface area contributed by atoms with E-state index in [1.807, 2.05) is 11.8 Å². The number of hydrogen-bond acceptors (Lipinski definition) is 2. The molecule has 1 aromatic carbocycles. The first kappa shape index (κ1) is 14.9. The third-order valence-electron chi connectivity index (χ3n) is 4.79. The second kappa shape index (κ2) is 6.32. The lowest BCUT2D eigenvalue weighted by atomic mass is 9.72. The Morgan fingerprint density at radius 2 is 2.21 bits per heavy atom. The first-order valence-electron chi connectivity index (χ1n) is 7.55. The van der Waals surface area contributed by atoms with Gasteiger partial charge in [0.1, 0.15) is 0 Å². The molecule has 1 aromatic rings. The lowest BCUT2D eigenvalue weighted by Crippen LogP contribution is -2.43. The summed E-state index contributed by atoms with van der Waals surface area (Å²) in [6, 6.07) is 7.68. The van der Waals surface area contributed by atoms with E-state index in [0.29, 0.717) is 6.04 Å². The van der Waals surface area contributed by atoms with Crippen molar-refractivity contribution in [2.24, 2.45) is 0 Å². The number of benzene rings is 1. The van der Waals surface area contributed by atoms with E-state index in [4.69, 9.17) is 0 Å². The number of likely N-dealkylation sites (N-methyl/N-ethyl adjacent to an activating group) is 1. The molecule has 0 radical (unpaired) electrons. The highest BCUT2D eigenvalue weighted by Crippen LogP contribution is 2.38. The van der Waals surface area contributed by atoms with Gasteiger partial charge in [0.05, 0.1) is 0 Å². The summed E-state index contributed by atoms with van der Waals surface area (Å²) in [6.07, 6.45) is 5.07. The molecule has 0 aliphatic carbocycles. The van der Waals surface area contributed by atoms with E-state index in [1.54, 1.807) is 5.56 Å². The Bertz CT molecular complexity index is 429. The lowest BCUT2D eigenvalue weighted by Gasteiger charge is -2.37. The molecule has 0 saturated heterocycles. The number of nitrogens with one attached hydrogen (secondary N) is 1. The van der Waals surface area contributed by atoms with Gasteiger partial charge < -0.3 is 5.32 Å². The standard InChI is InChI=1S/C17H27NS/c1-5-6-10-17(3,13(2)18-4)15-7-8-16-14(12-15)9-11-19-16/h7-8,12-13,18H,5-6,9-11H2,1-4H3. The van der Waals surface area contributed by atoms with Crippen LogP contribution in [0.1, 0.15) is 51.2 Å². The molecule has 0 bridgehead atoms. The summed E-state index contributed by atoms with van der Waals surface area (Å²) in [5.41, 5.74) is 3.32. The summed E-state index contributed by atoms with van der Waals surface area (Å²) in [5.74, 6) is 1.26. The molecular formula is C17H27NS. The zero-order chi connectivity index (χ0) is 13.9. The fourth-order valence-corrected chi connectivity index (χ4v) is 4.07. The molecule has 0 saturated carbocycles. The van der Waals surface area contributed by atoms with E-state index in [-0.39, 0.29) is 5.41 Å². The van der Waals surface area contributed by atoms with Crippen LogP contribution in [0.4, 0.5) is 0 Å². The van der Waals surface area contributed by atoms with Gasteiger partial charge in [-0.3, -0.25) is 0 Å². The summed E-state index contributed by atoms with van der Waals surface area (Å²) in [7, 11) is 2.08. The molecule has 2 rings (SSSR count). The average Bonchev–Trinajstić information content (AvgIpc) is 2.91. The summed E-state index contributed by atoms with van der Waals surface area (Å²) < 4.78 is 0. The second-order valence-electron chi connectivity index (χ2n) is 5.95. The van der Waals surface area contributed by atoms with Gasteiger partial charge in [0.15, 0.2) is 0 Å². The lowest BCUT2D eigenvalue weighted by molar-refractivity contribution is 0.319. The molecule has 19 heavy (non-hydrogen) atoms. The van der Waals surface area contributed by atoms with E-state index in [0.717, 1.165) is 0 Å². The van der Waals surface area contributed by atoms with Crippen LogP contribution in [0.2, 0.25) is 0 Å². The minimum Gasteiger partial charge on any atom is -0.316 e. The normalized spacial score (nSPS) is 18.9. The first-order valence-corrected chi connectivity index (χ1v) is 8.54. The van der Waals surface area contributed by atoms with E-state index >= 15 is 0 Å². The van der Waals surface area contributed by atoms with Crippen LogP contribution in [0, 0.1) is 0 Å². The van der Waals surface area contributed by atoms with Gasteiger partial charge in [-0.1, -0.05) is 38.8 Å². The van der Waals surface area contributed by atoms with E-state index in [1.165, 1.54) is 41.9 Å². The zero-order valence-corrected chi connectivity index (χ0v) is 13.6. The van der Waals surface area contributed by atoms with Crippen LogP contribution in [0.5, 0.6) is 0 Å². The number of rotatable bonds is 6. The van der Waals surface area contributed by atoms with Gasteiger partial charge in [-0.15, -0.1) is 11.8 Å². The van der Waals surface area contributed by atoms with Crippen LogP contribution in [0.25, 0.3) is 0 Å². The van der Waals surface area contributed by atoms with Crippen LogP contribution in [0.3, 0.4) is 0 Å². The minimum atomic E-state index is 0.243. The smallest absolute Gasteiger partial charge is 0.0130 e. The van der Waals surface area contributed by atoms with Crippen molar-refractivity contribution in [1.29, 1.82) is 0 Å². The number of aryl methyl sites for hydroxylation is 1. The molecule has 2 unspecified atom stereocenters. The Kier molecular flexibility index (Phi) is 4.97. The van der Waals surface area contributed by atoms with Crippen LogP contribution in [0.15, 0.2) is 23.1 Å². The number of thioether (sulfide) groups is 1. The monoisotopic (exact) mass is 277 g/mol. The molecule has 1 aliphatic heterocycles. The van der Waals surface area contributed by atoms with Crippen molar-refractivity contribution >= 4 is 11.8 Å². The SMILES string of the molecule is CCCCC(C)(c1ccc2c(c1)CCS2)C(C)NC. The third kappa shape index (κ3) is 3.00. The van der Waals surface area contributed by atoms with Crippen molar-refractivity contribution in [1.82, 2.24) is 5.32 Å². The van der Waals surface area contributed by atoms with Gasteiger partial charge >= 0.3 is 0 Å². The van der Waals surface area contributed by atoms with Crippen LogP contribution < -0.4 is 5.32 Å². The molecule has 1 heterocycles. The molecule has 1 aliphatic rings. The predicted molar refractivity (Wildman–Crippen MR) is 86.3 cm³/mol. The van der Waals surface area contributed by atoms with Crippen molar-refractivity contribution in [2.75, 3.05) is 12.8 Å².